The molecule has 0 bridgehead atoms. The van der Waals surface area contributed by atoms with Crippen molar-refractivity contribution in [1.82, 2.24) is 0 Å². The van der Waals surface area contributed by atoms with Gasteiger partial charge in [0.25, 0.3) is 0 Å². The van der Waals surface area contributed by atoms with Crippen LogP contribution in [0.5, 0.6) is 0 Å². The number of unbranched alkanes of at least 4 members (excludes halogenated alkanes) is 6. The molecule has 0 aliphatic carbocycles. The van der Waals surface area contributed by atoms with Crippen molar-refractivity contribution in [1.29, 1.82) is 0 Å². The van der Waals surface area contributed by atoms with Gasteiger partial charge in [0.05, 0.1) is 7.11 Å². The van der Waals surface area contributed by atoms with E-state index in [9.17, 15) is 0 Å². The molecule has 0 atom stereocenters. The van der Waals surface area contributed by atoms with Gasteiger partial charge in [0, 0.05) is 6.42 Å². The average molecular weight is 168 g/mol. The van der Waals surface area contributed by atoms with Crippen LogP contribution >= 0.6 is 0 Å². The minimum absolute atomic E-state index is 0.986. The van der Waals surface area contributed by atoms with Crippen molar-refractivity contribution in [2.24, 2.45) is 0 Å². The first-order valence-corrected chi connectivity index (χ1v) is 4.92. The SMILES string of the molecule is CCCCCCCCC#COC. The molecule has 0 spiro atoms. The van der Waals surface area contributed by atoms with E-state index in [2.05, 4.69) is 23.7 Å². The second-order valence-electron chi connectivity index (χ2n) is 3.00. The summed E-state index contributed by atoms with van der Waals surface area (Å²) in [6.07, 6.45) is 11.6. The van der Waals surface area contributed by atoms with Gasteiger partial charge >= 0.3 is 0 Å². The number of methoxy groups -OCH3 is 1. The lowest BCUT2D eigenvalue weighted by atomic mass is 10.1. The maximum absolute atomic E-state index is 4.63. The normalized spacial score (nSPS) is 8.83. The Bertz CT molecular complexity index is 130. The van der Waals surface area contributed by atoms with Gasteiger partial charge in [0.2, 0.25) is 0 Å². The Balaban J connectivity index is 2.91. The highest BCUT2D eigenvalue weighted by Gasteiger charge is 1.87. The first kappa shape index (κ1) is 11.4. The van der Waals surface area contributed by atoms with Gasteiger partial charge in [0.1, 0.15) is 6.11 Å². The minimum atomic E-state index is 0.986. The van der Waals surface area contributed by atoms with E-state index in [0.29, 0.717) is 0 Å². The van der Waals surface area contributed by atoms with E-state index in [1.165, 1.54) is 38.5 Å². The van der Waals surface area contributed by atoms with Crippen molar-refractivity contribution in [3.8, 4) is 12.0 Å². The van der Waals surface area contributed by atoms with Crippen LogP contribution in [0.1, 0.15) is 51.9 Å². The highest BCUT2D eigenvalue weighted by Crippen LogP contribution is 2.05. The molecule has 0 fully saturated rings. The molecule has 0 aromatic heterocycles. The Kier molecular flexibility index (Phi) is 9.81. The Morgan fingerprint density at radius 1 is 1.00 bits per heavy atom. The standard InChI is InChI=1S/C11H20O/c1-3-4-5-6-7-8-9-10-11-12-2/h3-9H2,1-2H3. The van der Waals surface area contributed by atoms with Gasteiger partial charge in [-0.05, 0) is 6.42 Å². The van der Waals surface area contributed by atoms with E-state index < -0.39 is 0 Å². The smallest absolute Gasteiger partial charge is 0.109 e. The third-order valence-corrected chi connectivity index (χ3v) is 1.83. The predicted molar refractivity (Wildman–Crippen MR) is 52.8 cm³/mol. The molecule has 0 N–H and O–H groups in total. The third-order valence-electron chi connectivity index (χ3n) is 1.83. The number of hydrogen-bond donors (Lipinski definition) is 0. The quantitative estimate of drug-likeness (QED) is 0.436. The van der Waals surface area contributed by atoms with E-state index >= 15 is 0 Å². The van der Waals surface area contributed by atoms with Crippen molar-refractivity contribution >= 4 is 0 Å². The fraction of sp³-hybridized carbons (Fsp3) is 0.818. The summed E-state index contributed by atoms with van der Waals surface area (Å²) in [6, 6.07) is 0. The fourth-order valence-electron chi connectivity index (χ4n) is 1.12. The molecular formula is C11H20O. The van der Waals surface area contributed by atoms with Gasteiger partial charge in [-0.15, -0.1) is 0 Å². The molecule has 0 aliphatic heterocycles. The minimum Gasteiger partial charge on any atom is -0.450 e. The molecule has 1 nitrogen and oxygen atoms in total. The van der Waals surface area contributed by atoms with Gasteiger partial charge in [0.15, 0.2) is 0 Å². The van der Waals surface area contributed by atoms with E-state index in [1.54, 1.807) is 7.11 Å². The monoisotopic (exact) mass is 168 g/mol. The van der Waals surface area contributed by atoms with Crippen LogP contribution < -0.4 is 0 Å². The molecule has 0 heterocycles. The molecule has 12 heavy (non-hydrogen) atoms. The van der Waals surface area contributed by atoms with Gasteiger partial charge in [-0.3, -0.25) is 0 Å². The van der Waals surface area contributed by atoms with Crippen molar-refractivity contribution in [2.75, 3.05) is 7.11 Å². The molecule has 0 saturated carbocycles. The Labute approximate surface area is 76.5 Å². The lowest BCUT2D eigenvalue weighted by molar-refractivity contribution is 0.371. The molecule has 0 rings (SSSR count). The van der Waals surface area contributed by atoms with Crippen molar-refractivity contribution < 1.29 is 4.74 Å². The van der Waals surface area contributed by atoms with Crippen molar-refractivity contribution in [3.05, 3.63) is 0 Å². The van der Waals surface area contributed by atoms with Gasteiger partial charge in [-0.2, -0.15) is 0 Å². The van der Waals surface area contributed by atoms with Gasteiger partial charge in [-0.25, -0.2) is 0 Å². The maximum atomic E-state index is 4.63. The first-order valence-electron chi connectivity index (χ1n) is 4.92. The second-order valence-corrected chi connectivity index (χ2v) is 3.00. The first-order chi connectivity index (χ1) is 5.91. The summed E-state index contributed by atoms with van der Waals surface area (Å²) in [7, 11) is 1.61. The molecule has 0 unspecified atom stereocenters. The zero-order valence-corrected chi connectivity index (χ0v) is 8.36. The summed E-state index contributed by atoms with van der Waals surface area (Å²) in [5, 5.41) is 0. The number of hydrogen-bond acceptors (Lipinski definition) is 1. The molecule has 0 radical (unpaired) electrons. The zero-order chi connectivity index (χ0) is 9.07. The Hall–Kier alpha value is -0.640. The van der Waals surface area contributed by atoms with Gasteiger partial charge < -0.3 is 4.74 Å². The van der Waals surface area contributed by atoms with E-state index in [-0.39, 0.29) is 0 Å². The van der Waals surface area contributed by atoms with Crippen molar-refractivity contribution in [3.63, 3.8) is 0 Å². The molecular weight excluding hydrogens is 148 g/mol. The molecule has 0 saturated heterocycles. The van der Waals surface area contributed by atoms with Gasteiger partial charge in [-0.1, -0.05) is 44.9 Å². The molecule has 0 aromatic rings. The Morgan fingerprint density at radius 2 is 1.67 bits per heavy atom. The van der Waals surface area contributed by atoms with Crippen LogP contribution in [0.3, 0.4) is 0 Å². The molecule has 70 valence electrons. The van der Waals surface area contributed by atoms with Crippen LogP contribution in [-0.2, 0) is 4.74 Å². The molecule has 0 aliphatic rings. The topological polar surface area (TPSA) is 9.23 Å². The summed E-state index contributed by atoms with van der Waals surface area (Å²) >= 11 is 0. The molecule has 0 aromatic carbocycles. The summed E-state index contributed by atoms with van der Waals surface area (Å²) in [5.74, 6) is 2.95. The summed E-state index contributed by atoms with van der Waals surface area (Å²) in [5.41, 5.74) is 0. The zero-order valence-electron chi connectivity index (χ0n) is 8.36. The van der Waals surface area contributed by atoms with Crippen LogP contribution in [-0.4, -0.2) is 7.11 Å². The lowest BCUT2D eigenvalue weighted by Crippen LogP contribution is -1.77. The highest BCUT2D eigenvalue weighted by molar-refractivity contribution is 4.90. The Morgan fingerprint density at radius 3 is 2.33 bits per heavy atom. The predicted octanol–water partition coefficient (Wildman–Crippen LogP) is 3.34. The van der Waals surface area contributed by atoms with E-state index in [4.69, 9.17) is 0 Å². The van der Waals surface area contributed by atoms with Crippen LogP contribution in [0.25, 0.3) is 0 Å². The van der Waals surface area contributed by atoms with Crippen LogP contribution in [0.4, 0.5) is 0 Å². The van der Waals surface area contributed by atoms with Crippen LogP contribution in [0.2, 0.25) is 0 Å². The fourth-order valence-corrected chi connectivity index (χ4v) is 1.12. The van der Waals surface area contributed by atoms with E-state index in [1.807, 2.05) is 0 Å². The van der Waals surface area contributed by atoms with Crippen LogP contribution in [0, 0.1) is 12.0 Å². The summed E-state index contributed by atoms with van der Waals surface area (Å²) in [4.78, 5) is 0. The van der Waals surface area contributed by atoms with Crippen LogP contribution in [0.15, 0.2) is 0 Å². The number of rotatable bonds is 6. The summed E-state index contributed by atoms with van der Waals surface area (Å²) in [6.45, 7) is 2.24. The molecule has 1 heteroatoms. The maximum Gasteiger partial charge on any atom is 0.109 e. The summed E-state index contributed by atoms with van der Waals surface area (Å²) < 4.78 is 4.63. The highest BCUT2D eigenvalue weighted by atomic mass is 16.5. The number of ether oxygens (including phenoxy) is 1. The second kappa shape index (κ2) is 10.4. The largest absolute Gasteiger partial charge is 0.450 e. The third kappa shape index (κ3) is 9.36. The lowest BCUT2D eigenvalue weighted by Gasteiger charge is -1.96. The molecule has 0 amide bonds. The van der Waals surface area contributed by atoms with Crippen molar-refractivity contribution in [2.45, 2.75) is 51.9 Å². The average Bonchev–Trinajstić information content (AvgIpc) is 2.10. The van der Waals surface area contributed by atoms with E-state index in [0.717, 1.165) is 6.42 Å².